The molecular formula is C10H20O2S2. The Labute approximate surface area is 93.8 Å². The van der Waals surface area contributed by atoms with Gasteiger partial charge in [0.2, 0.25) is 0 Å². The second-order valence-electron chi connectivity index (χ2n) is 4.61. The molecule has 0 amide bonds. The Morgan fingerprint density at radius 3 is 2.57 bits per heavy atom. The largest absolute Gasteiger partial charge is 0.232 e. The fourth-order valence-electron chi connectivity index (χ4n) is 2.23. The van der Waals surface area contributed by atoms with E-state index in [1.165, 1.54) is 12.8 Å². The molecule has 84 valence electrons. The molecule has 4 unspecified atom stereocenters. The Bertz CT molecular complexity index is 243. The molecule has 0 aromatic rings. The topological polar surface area (TPSA) is 34.1 Å². The molecule has 0 saturated heterocycles. The molecule has 1 aliphatic carbocycles. The fraction of sp³-hybridized carbons (Fsp3) is 1.00. The van der Waals surface area contributed by atoms with Crippen molar-refractivity contribution in [3.8, 4) is 0 Å². The van der Waals surface area contributed by atoms with Gasteiger partial charge in [-0.25, -0.2) is 8.42 Å². The average Bonchev–Trinajstić information content (AvgIpc) is 2.08. The molecule has 0 bridgehead atoms. The molecular weight excluding hydrogens is 216 g/mol. The molecule has 4 atom stereocenters. The number of hydrogen-bond donors (Lipinski definition) is 2. The zero-order valence-corrected chi connectivity index (χ0v) is 10.6. The van der Waals surface area contributed by atoms with E-state index < -0.39 is 10.7 Å². The Morgan fingerprint density at radius 1 is 1.43 bits per heavy atom. The normalized spacial score (nSPS) is 35.9. The number of thiol groups is 2. The first kappa shape index (κ1) is 12.4. The lowest BCUT2D eigenvalue weighted by atomic mass is 9.77. The first-order chi connectivity index (χ1) is 6.50. The lowest BCUT2D eigenvalue weighted by Gasteiger charge is -2.34. The lowest BCUT2D eigenvalue weighted by molar-refractivity contribution is 0.244. The summed E-state index contributed by atoms with van der Waals surface area (Å²) in [7, 11) is -2.21. The van der Waals surface area contributed by atoms with Crippen LogP contribution in [0.25, 0.3) is 0 Å². The molecule has 0 aliphatic heterocycles. The van der Waals surface area contributed by atoms with Gasteiger partial charge in [-0.05, 0) is 37.0 Å². The highest BCUT2D eigenvalue weighted by atomic mass is 32.2. The quantitative estimate of drug-likeness (QED) is 0.735. The van der Waals surface area contributed by atoms with Gasteiger partial charge in [0.05, 0.1) is 5.75 Å². The van der Waals surface area contributed by atoms with Crippen LogP contribution >= 0.6 is 12.6 Å². The second kappa shape index (κ2) is 5.40. The first-order valence-corrected chi connectivity index (χ1v) is 7.18. The van der Waals surface area contributed by atoms with Crippen LogP contribution in [0.5, 0.6) is 0 Å². The molecule has 0 aromatic heterocycles. The van der Waals surface area contributed by atoms with E-state index in [1.807, 2.05) is 6.92 Å². The summed E-state index contributed by atoms with van der Waals surface area (Å²) in [6.45, 7) is 4.28. The van der Waals surface area contributed by atoms with Crippen molar-refractivity contribution in [1.82, 2.24) is 0 Å². The standard InChI is InChI=1S/C10H20O2S2/c1-7-3-4-9(5-10(7)13)8(2)6-14(11)12/h7-10,13-14H,3-6H2,1-2H3. The van der Waals surface area contributed by atoms with Gasteiger partial charge in [0.25, 0.3) is 0 Å². The maximum Gasteiger partial charge on any atom is 0.140 e. The Kier molecular flexibility index (Phi) is 4.77. The Hall–Kier alpha value is 0.300. The molecule has 4 heteroatoms. The lowest BCUT2D eigenvalue weighted by Crippen LogP contribution is -2.28. The highest BCUT2D eigenvalue weighted by molar-refractivity contribution is 7.81. The van der Waals surface area contributed by atoms with E-state index in [1.54, 1.807) is 0 Å². The molecule has 1 aliphatic rings. The monoisotopic (exact) mass is 236 g/mol. The van der Waals surface area contributed by atoms with Crippen LogP contribution in [0, 0.1) is 17.8 Å². The van der Waals surface area contributed by atoms with Crippen molar-refractivity contribution in [3.63, 3.8) is 0 Å². The third-order valence-electron chi connectivity index (χ3n) is 3.44. The molecule has 14 heavy (non-hydrogen) atoms. The van der Waals surface area contributed by atoms with Gasteiger partial charge in [0.1, 0.15) is 10.7 Å². The minimum absolute atomic E-state index is 0.304. The summed E-state index contributed by atoms with van der Waals surface area (Å²) in [5.74, 6) is 1.89. The minimum atomic E-state index is -2.21. The second-order valence-corrected chi connectivity index (χ2v) is 6.30. The van der Waals surface area contributed by atoms with Crippen molar-refractivity contribution in [1.29, 1.82) is 0 Å². The van der Waals surface area contributed by atoms with Crippen LogP contribution in [0.1, 0.15) is 33.1 Å². The van der Waals surface area contributed by atoms with Gasteiger partial charge in [0, 0.05) is 5.25 Å². The van der Waals surface area contributed by atoms with Crippen LogP contribution in [0.4, 0.5) is 0 Å². The highest BCUT2D eigenvalue weighted by Crippen LogP contribution is 2.35. The van der Waals surface area contributed by atoms with Crippen molar-refractivity contribution in [2.24, 2.45) is 17.8 Å². The smallest absolute Gasteiger partial charge is 0.140 e. The van der Waals surface area contributed by atoms with E-state index in [2.05, 4.69) is 19.6 Å². The fourth-order valence-corrected chi connectivity index (χ4v) is 3.42. The van der Waals surface area contributed by atoms with Crippen molar-refractivity contribution < 1.29 is 8.42 Å². The van der Waals surface area contributed by atoms with Crippen molar-refractivity contribution >= 4 is 23.3 Å². The molecule has 0 aromatic carbocycles. The van der Waals surface area contributed by atoms with Crippen molar-refractivity contribution in [3.05, 3.63) is 0 Å². The summed E-state index contributed by atoms with van der Waals surface area (Å²) < 4.78 is 21.2. The number of hydrogen-bond acceptors (Lipinski definition) is 3. The van der Waals surface area contributed by atoms with Gasteiger partial charge in [-0.2, -0.15) is 12.6 Å². The van der Waals surface area contributed by atoms with Gasteiger partial charge >= 0.3 is 0 Å². The summed E-state index contributed by atoms with van der Waals surface area (Å²) in [5, 5.41) is 0.459. The third kappa shape index (κ3) is 3.46. The van der Waals surface area contributed by atoms with E-state index in [-0.39, 0.29) is 0 Å². The van der Waals surface area contributed by atoms with E-state index in [0.29, 0.717) is 28.8 Å². The molecule has 0 radical (unpaired) electrons. The SMILES string of the molecule is CC1CCC(C(C)C[SH](=O)=O)CC1S. The first-order valence-electron chi connectivity index (χ1n) is 5.30. The highest BCUT2D eigenvalue weighted by Gasteiger charge is 2.28. The molecule has 0 spiro atoms. The summed E-state index contributed by atoms with van der Waals surface area (Å²) in [4.78, 5) is 0. The Balaban J connectivity index is 2.45. The van der Waals surface area contributed by atoms with Crippen LogP contribution in [0.15, 0.2) is 0 Å². The van der Waals surface area contributed by atoms with E-state index in [9.17, 15) is 8.42 Å². The van der Waals surface area contributed by atoms with Gasteiger partial charge in [-0.3, -0.25) is 0 Å². The summed E-state index contributed by atoms with van der Waals surface area (Å²) in [5.41, 5.74) is 0. The molecule has 1 rings (SSSR count). The molecule has 0 heterocycles. The summed E-state index contributed by atoms with van der Waals surface area (Å²) in [6, 6.07) is 0. The van der Waals surface area contributed by atoms with Crippen LogP contribution in [-0.2, 0) is 10.7 Å². The van der Waals surface area contributed by atoms with E-state index >= 15 is 0 Å². The maximum atomic E-state index is 10.6. The molecule has 1 fully saturated rings. The summed E-state index contributed by atoms with van der Waals surface area (Å²) in [6.07, 6.45) is 3.44. The Morgan fingerprint density at radius 2 is 2.07 bits per heavy atom. The minimum Gasteiger partial charge on any atom is -0.232 e. The van der Waals surface area contributed by atoms with E-state index in [4.69, 9.17) is 0 Å². The van der Waals surface area contributed by atoms with Gasteiger partial charge < -0.3 is 0 Å². The zero-order valence-electron chi connectivity index (χ0n) is 8.85. The molecule has 2 nitrogen and oxygen atoms in total. The number of rotatable bonds is 3. The van der Waals surface area contributed by atoms with Gasteiger partial charge in [0.15, 0.2) is 0 Å². The zero-order chi connectivity index (χ0) is 10.7. The maximum absolute atomic E-state index is 10.6. The average molecular weight is 236 g/mol. The molecule has 0 N–H and O–H groups in total. The van der Waals surface area contributed by atoms with Crippen molar-refractivity contribution in [2.45, 2.75) is 38.4 Å². The molecule has 1 saturated carbocycles. The van der Waals surface area contributed by atoms with Crippen LogP contribution in [-0.4, -0.2) is 19.4 Å². The van der Waals surface area contributed by atoms with Gasteiger partial charge in [-0.15, -0.1) is 0 Å². The van der Waals surface area contributed by atoms with Crippen LogP contribution in [0.2, 0.25) is 0 Å². The summed E-state index contributed by atoms with van der Waals surface area (Å²) >= 11 is 4.55. The van der Waals surface area contributed by atoms with Crippen LogP contribution < -0.4 is 0 Å². The van der Waals surface area contributed by atoms with Gasteiger partial charge in [-0.1, -0.05) is 13.8 Å². The predicted octanol–water partition coefficient (Wildman–Crippen LogP) is 1.97. The third-order valence-corrected chi connectivity index (χ3v) is 5.03. The predicted molar refractivity (Wildman–Crippen MR) is 63.6 cm³/mol. The van der Waals surface area contributed by atoms with Crippen LogP contribution in [0.3, 0.4) is 0 Å². The van der Waals surface area contributed by atoms with Crippen molar-refractivity contribution in [2.75, 3.05) is 5.75 Å². The van der Waals surface area contributed by atoms with E-state index in [0.717, 1.165) is 6.42 Å².